The minimum absolute atomic E-state index is 0.167. The molecule has 1 unspecified atom stereocenters. The first-order chi connectivity index (χ1) is 9.95. The molecular weight excluding hydrogens is 258 g/mol. The Kier molecular flexibility index (Phi) is 2.76. The third-order valence-corrected chi connectivity index (χ3v) is 7.27. The summed E-state index contributed by atoms with van der Waals surface area (Å²) in [6.45, 7) is 4.78. The number of allylic oxidation sites excluding steroid dienone is 4. The molecular formula is C19H27NO. The van der Waals surface area contributed by atoms with Crippen LogP contribution < -0.4 is 5.73 Å². The summed E-state index contributed by atoms with van der Waals surface area (Å²) in [5, 5.41) is 9.93. The van der Waals surface area contributed by atoms with Crippen LogP contribution in [0, 0.1) is 28.6 Å². The summed E-state index contributed by atoms with van der Waals surface area (Å²) < 4.78 is 0. The highest BCUT2D eigenvalue weighted by Gasteiger charge is 2.55. The van der Waals surface area contributed by atoms with E-state index in [0.717, 1.165) is 30.4 Å². The molecule has 4 aliphatic rings. The van der Waals surface area contributed by atoms with Gasteiger partial charge in [0, 0.05) is 16.5 Å². The van der Waals surface area contributed by atoms with E-state index >= 15 is 0 Å². The molecule has 114 valence electrons. The molecule has 0 aliphatic heterocycles. The SMILES string of the molecule is C[C@]12C=CC(O)CC1=CC[C@@H]1[C@@H]2CC[C@]2(C)C(N)=CC[C@@H]12. The Hall–Kier alpha value is -1.02. The number of fused-ring (bicyclic) bond motifs is 5. The fraction of sp³-hybridized carbons (Fsp3) is 0.684. The third-order valence-electron chi connectivity index (χ3n) is 7.27. The number of aliphatic hydroxyl groups is 1. The van der Waals surface area contributed by atoms with Crippen molar-refractivity contribution in [2.45, 2.75) is 52.1 Å². The Morgan fingerprint density at radius 1 is 1.19 bits per heavy atom. The number of aliphatic hydroxyl groups excluding tert-OH is 1. The lowest BCUT2D eigenvalue weighted by atomic mass is 9.49. The topological polar surface area (TPSA) is 46.2 Å². The predicted octanol–water partition coefficient (Wildman–Crippen LogP) is 3.54. The molecule has 0 spiro atoms. The molecule has 21 heavy (non-hydrogen) atoms. The zero-order valence-electron chi connectivity index (χ0n) is 13.2. The van der Waals surface area contributed by atoms with E-state index < -0.39 is 0 Å². The summed E-state index contributed by atoms with van der Waals surface area (Å²) in [6, 6.07) is 0. The summed E-state index contributed by atoms with van der Waals surface area (Å²) in [4.78, 5) is 0. The molecule has 0 bridgehead atoms. The van der Waals surface area contributed by atoms with Crippen molar-refractivity contribution >= 4 is 0 Å². The van der Waals surface area contributed by atoms with Crippen LogP contribution in [0.2, 0.25) is 0 Å². The van der Waals surface area contributed by atoms with Crippen molar-refractivity contribution < 1.29 is 5.11 Å². The van der Waals surface area contributed by atoms with Gasteiger partial charge in [0.15, 0.2) is 0 Å². The molecule has 0 amide bonds. The van der Waals surface area contributed by atoms with Crippen molar-refractivity contribution in [3.8, 4) is 0 Å². The quantitative estimate of drug-likeness (QED) is 0.669. The molecule has 3 N–H and O–H groups in total. The number of rotatable bonds is 0. The standard InChI is InChI=1S/C19H27NO/c1-18-9-7-13(21)11-12(18)3-4-14-15-5-6-17(20)19(15,2)10-8-16(14)18/h3,6-7,9,13-16,21H,4-5,8,10-11,20H2,1-2H3/t13?,14-,15-,16-,18-,19-/m0/s1. The highest BCUT2D eigenvalue weighted by Crippen LogP contribution is 2.63. The lowest BCUT2D eigenvalue weighted by Crippen LogP contribution is -2.49. The molecule has 4 rings (SSSR count). The average molecular weight is 285 g/mol. The van der Waals surface area contributed by atoms with E-state index in [0.29, 0.717) is 5.92 Å². The number of nitrogens with two attached hydrogens (primary N) is 1. The molecule has 1 saturated carbocycles. The van der Waals surface area contributed by atoms with Crippen LogP contribution in [-0.4, -0.2) is 11.2 Å². The monoisotopic (exact) mass is 285 g/mol. The van der Waals surface area contributed by atoms with Gasteiger partial charge in [-0.1, -0.05) is 43.7 Å². The molecule has 0 radical (unpaired) electrons. The molecule has 6 atom stereocenters. The summed E-state index contributed by atoms with van der Waals surface area (Å²) in [5.74, 6) is 2.18. The van der Waals surface area contributed by atoms with Gasteiger partial charge in [0.25, 0.3) is 0 Å². The Labute approximate surface area is 127 Å². The summed E-state index contributed by atoms with van der Waals surface area (Å²) in [7, 11) is 0. The second-order valence-electron chi connectivity index (χ2n) is 8.11. The van der Waals surface area contributed by atoms with Gasteiger partial charge in [0.2, 0.25) is 0 Å². The Morgan fingerprint density at radius 2 is 2.00 bits per heavy atom. The minimum atomic E-state index is -0.279. The van der Waals surface area contributed by atoms with Crippen molar-refractivity contribution in [1.29, 1.82) is 0 Å². The molecule has 0 aromatic carbocycles. The minimum Gasteiger partial charge on any atom is -0.402 e. The Balaban J connectivity index is 1.71. The Bertz CT molecular complexity index is 560. The summed E-state index contributed by atoms with van der Waals surface area (Å²) in [6.07, 6.45) is 14.4. The maximum atomic E-state index is 9.93. The van der Waals surface area contributed by atoms with Crippen molar-refractivity contribution in [2.24, 2.45) is 34.3 Å². The molecule has 1 fully saturated rings. The van der Waals surface area contributed by atoms with Gasteiger partial charge in [-0.25, -0.2) is 0 Å². The van der Waals surface area contributed by atoms with Crippen LogP contribution in [0.4, 0.5) is 0 Å². The van der Waals surface area contributed by atoms with Gasteiger partial charge in [-0.15, -0.1) is 0 Å². The molecule has 0 heterocycles. The second kappa shape index (κ2) is 4.25. The van der Waals surface area contributed by atoms with Crippen molar-refractivity contribution in [3.05, 3.63) is 35.6 Å². The summed E-state index contributed by atoms with van der Waals surface area (Å²) in [5.41, 5.74) is 9.34. The molecule has 2 heteroatoms. The second-order valence-corrected chi connectivity index (χ2v) is 8.11. The van der Waals surface area contributed by atoms with E-state index in [2.05, 4.69) is 32.1 Å². The van der Waals surface area contributed by atoms with Crippen LogP contribution in [0.3, 0.4) is 0 Å². The van der Waals surface area contributed by atoms with E-state index in [1.807, 2.05) is 6.08 Å². The lowest BCUT2D eigenvalue weighted by molar-refractivity contribution is 0.00396. The van der Waals surface area contributed by atoms with E-state index in [1.54, 1.807) is 0 Å². The first-order valence-corrected chi connectivity index (χ1v) is 8.48. The third kappa shape index (κ3) is 1.69. The van der Waals surface area contributed by atoms with Crippen LogP contribution in [0.15, 0.2) is 35.6 Å². The maximum Gasteiger partial charge on any atom is 0.0758 e. The van der Waals surface area contributed by atoms with Crippen LogP contribution in [-0.2, 0) is 0 Å². The molecule has 2 nitrogen and oxygen atoms in total. The van der Waals surface area contributed by atoms with Crippen LogP contribution in [0.1, 0.15) is 46.0 Å². The first-order valence-electron chi connectivity index (χ1n) is 8.48. The largest absolute Gasteiger partial charge is 0.402 e. The predicted molar refractivity (Wildman–Crippen MR) is 85.3 cm³/mol. The van der Waals surface area contributed by atoms with Gasteiger partial charge in [-0.3, -0.25) is 0 Å². The van der Waals surface area contributed by atoms with Crippen LogP contribution >= 0.6 is 0 Å². The zero-order valence-corrected chi connectivity index (χ0v) is 13.2. The van der Waals surface area contributed by atoms with E-state index in [9.17, 15) is 5.11 Å². The van der Waals surface area contributed by atoms with Crippen molar-refractivity contribution in [3.63, 3.8) is 0 Å². The van der Waals surface area contributed by atoms with Gasteiger partial charge < -0.3 is 10.8 Å². The van der Waals surface area contributed by atoms with Crippen LogP contribution in [0.5, 0.6) is 0 Å². The van der Waals surface area contributed by atoms with Gasteiger partial charge in [0.05, 0.1) is 6.10 Å². The van der Waals surface area contributed by atoms with Gasteiger partial charge in [-0.05, 0) is 49.9 Å². The molecule has 0 aromatic heterocycles. The summed E-state index contributed by atoms with van der Waals surface area (Å²) >= 11 is 0. The number of hydrogen-bond acceptors (Lipinski definition) is 2. The van der Waals surface area contributed by atoms with E-state index in [1.165, 1.54) is 24.8 Å². The van der Waals surface area contributed by atoms with Gasteiger partial charge in [-0.2, -0.15) is 0 Å². The van der Waals surface area contributed by atoms with E-state index in [-0.39, 0.29) is 16.9 Å². The molecule has 0 saturated heterocycles. The lowest BCUT2D eigenvalue weighted by Gasteiger charge is -2.56. The normalized spacial score (nSPS) is 51.6. The van der Waals surface area contributed by atoms with Crippen molar-refractivity contribution in [2.75, 3.05) is 0 Å². The Morgan fingerprint density at radius 3 is 2.81 bits per heavy atom. The number of hydrogen-bond donors (Lipinski definition) is 2. The molecule has 4 aliphatic carbocycles. The van der Waals surface area contributed by atoms with Gasteiger partial charge >= 0.3 is 0 Å². The fourth-order valence-electron chi connectivity index (χ4n) is 5.84. The molecule has 0 aromatic rings. The van der Waals surface area contributed by atoms with Crippen LogP contribution in [0.25, 0.3) is 0 Å². The first kappa shape index (κ1) is 13.6. The van der Waals surface area contributed by atoms with Crippen molar-refractivity contribution in [1.82, 2.24) is 0 Å². The highest BCUT2D eigenvalue weighted by atomic mass is 16.3. The fourth-order valence-corrected chi connectivity index (χ4v) is 5.84. The zero-order chi connectivity index (χ0) is 14.8. The van der Waals surface area contributed by atoms with Gasteiger partial charge in [0.1, 0.15) is 0 Å². The maximum absolute atomic E-state index is 9.93. The van der Waals surface area contributed by atoms with E-state index in [4.69, 9.17) is 5.73 Å². The highest BCUT2D eigenvalue weighted by molar-refractivity contribution is 5.34. The average Bonchev–Trinajstić information content (AvgIpc) is 2.76. The smallest absolute Gasteiger partial charge is 0.0758 e.